The van der Waals surface area contributed by atoms with Gasteiger partial charge in [0.25, 0.3) is 0 Å². The predicted molar refractivity (Wildman–Crippen MR) is 86.9 cm³/mol. The van der Waals surface area contributed by atoms with Crippen LogP contribution >= 0.6 is 0 Å². The Morgan fingerprint density at radius 3 is 2.61 bits per heavy atom. The lowest BCUT2D eigenvalue weighted by Gasteiger charge is -2.35. The van der Waals surface area contributed by atoms with E-state index in [2.05, 4.69) is 15.1 Å². The molecule has 3 rings (SSSR count). The quantitative estimate of drug-likeness (QED) is 0.818. The van der Waals surface area contributed by atoms with Crippen molar-refractivity contribution in [1.29, 1.82) is 0 Å². The van der Waals surface area contributed by atoms with E-state index in [-0.39, 0.29) is 5.91 Å². The van der Waals surface area contributed by atoms with Crippen LogP contribution in [-0.2, 0) is 4.79 Å². The molecular formula is C17H27N3O3. The van der Waals surface area contributed by atoms with Crippen LogP contribution in [0.25, 0.3) is 0 Å². The maximum Gasteiger partial charge on any atom is 0.234 e. The monoisotopic (exact) mass is 321 g/mol. The number of hydrogen-bond donors (Lipinski definition) is 2. The molecule has 2 fully saturated rings. The smallest absolute Gasteiger partial charge is 0.234 e. The minimum absolute atomic E-state index is 0.154. The maximum absolute atomic E-state index is 12.1. The fourth-order valence-electron chi connectivity index (χ4n) is 3.49. The second-order valence-corrected chi connectivity index (χ2v) is 6.66. The number of piperazine rings is 1. The molecule has 1 saturated carbocycles. The Kier molecular flexibility index (Phi) is 5.70. The van der Waals surface area contributed by atoms with Crippen LogP contribution < -0.4 is 5.32 Å². The lowest BCUT2D eigenvalue weighted by atomic mass is 10.2. The van der Waals surface area contributed by atoms with Crippen molar-refractivity contribution in [1.82, 2.24) is 15.1 Å². The molecule has 1 aliphatic carbocycles. The number of aliphatic hydroxyl groups is 1. The summed E-state index contributed by atoms with van der Waals surface area (Å²) in [7, 11) is 0. The van der Waals surface area contributed by atoms with Gasteiger partial charge < -0.3 is 14.8 Å². The number of rotatable bonds is 6. The number of carbonyl (C=O) groups excluding carboxylic acids is 1. The van der Waals surface area contributed by atoms with Gasteiger partial charge in [-0.05, 0) is 25.0 Å². The van der Waals surface area contributed by atoms with Crippen LogP contribution in [0.5, 0.6) is 0 Å². The highest BCUT2D eigenvalue weighted by Crippen LogP contribution is 2.18. The first kappa shape index (κ1) is 16.5. The van der Waals surface area contributed by atoms with Crippen molar-refractivity contribution in [3.05, 3.63) is 24.2 Å². The SMILES string of the molecule is O=C(CN1CCN(CC(O)c2ccco2)CC1)NC1CCCC1. The second kappa shape index (κ2) is 7.95. The van der Waals surface area contributed by atoms with Gasteiger partial charge in [0.1, 0.15) is 11.9 Å². The zero-order valence-corrected chi connectivity index (χ0v) is 13.6. The molecule has 1 saturated heterocycles. The van der Waals surface area contributed by atoms with Gasteiger partial charge in [-0.1, -0.05) is 12.8 Å². The highest BCUT2D eigenvalue weighted by molar-refractivity contribution is 5.78. The van der Waals surface area contributed by atoms with Gasteiger partial charge in [-0.2, -0.15) is 0 Å². The minimum atomic E-state index is -0.581. The standard InChI is InChI=1S/C17H27N3O3/c21-15(16-6-3-11-23-16)12-19-7-9-20(10-8-19)13-17(22)18-14-4-1-2-5-14/h3,6,11,14-15,21H,1-2,4-5,7-10,12-13H2,(H,18,22). The van der Waals surface area contributed by atoms with Crippen molar-refractivity contribution in [3.63, 3.8) is 0 Å². The van der Waals surface area contributed by atoms with Crippen molar-refractivity contribution in [3.8, 4) is 0 Å². The Labute approximate surface area is 137 Å². The second-order valence-electron chi connectivity index (χ2n) is 6.66. The fourth-order valence-corrected chi connectivity index (χ4v) is 3.49. The molecular weight excluding hydrogens is 294 g/mol. The molecule has 2 aliphatic rings. The number of amides is 1. The summed E-state index contributed by atoms with van der Waals surface area (Å²) in [6.45, 7) is 4.54. The van der Waals surface area contributed by atoms with Gasteiger partial charge in [0, 0.05) is 38.8 Å². The van der Waals surface area contributed by atoms with Crippen LogP contribution in [0.1, 0.15) is 37.5 Å². The molecule has 1 unspecified atom stereocenters. The molecule has 1 aliphatic heterocycles. The topological polar surface area (TPSA) is 69.0 Å². The van der Waals surface area contributed by atoms with E-state index in [0.717, 1.165) is 39.0 Å². The molecule has 6 nitrogen and oxygen atoms in total. The van der Waals surface area contributed by atoms with Gasteiger partial charge in [0.05, 0.1) is 12.8 Å². The zero-order chi connectivity index (χ0) is 16.1. The van der Waals surface area contributed by atoms with E-state index in [9.17, 15) is 9.90 Å². The molecule has 0 spiro atoms. The average Bonchev–Trinajstić information content (AvgIpc) is 3.22. The summed E-state index contributed by atoms with van der Waals surface area (Å²) in [6.07, 6.45) is 5.74. The summed E-state index contributed by atoms with van der Waals surface area (Å²) < 4.78 is 5.23. The van der Waals surface area contributed by atoms with Gasteiger partial charge in [-0.3, -0.25) is 14.6 Å². The highest BCUT2D eigenvalue weighted by atomic mass is 16.4. The van der Waals surface area contributed by atoms with E-state index in [1.807, 2.05) is 0 Å². The van der Waals surface area contributed by atoms with Crippen molar-refractivity contribution in [2.45, 2.75) is 37.8 Å². The number of nitrogens with zero attached hydrogens (tertiary/aromatic N) is 2. The molecule has 128 valence electrons. The predicted octanol–water partition coefficient (Wildman–Crippen LogP) is 0.989. The summed E-state index contributed by atoms with van der Waals surface area (Å²) in [4.78, 5) is 16.5. The van der Waals surface area contributed by atoms with E-state index in [1.54, 1.807) is 18.4 Å². The molecule has 1 atom stereocenters. The van der Waals surface area contributed by atoms with E-state index in [4.69, 9.17) is 4.42 Å². The molecule has 1 aromatic rings. The fraction of sp³-hybridized carbons (Fsp3) is 0.706. The van der Waals surface area contributed by atoms with E-state index in [0.29, 0.717) is 24.9 Å². The first-order valence-corrected chi connectivity index (χ1v) is 8.66. The van der Waals surface area contributed by atoms with E-state index in [1.165, 1.54) is 12.8 Å². The number of hydrogen-bond acceptors (Lipinski definition) is 5. The lowest BCUT2D eigenvalue weighted by molar-refractivity contribution is -0.123. The first-order valence-electron chi connectivity index (χ1n) is 8.66. The van der Waals surface area contributed by atoms with Gasteiger partial charge >= 0.3 is 0 Å². The maximum atomic E-state index is 12.1. The van der Waals surface area contributed by atoms with Gasteiger partial charge in [0.15, 0.2) is 0 Å². The third-order valence-corrected chi connectivity index (χ3v) is 4.86. The Bertz CT molecular complexity index is 477. The first-order chi connectivity index (χ1) is 11.2. The summed E-state index contributed by atoms with van der Waals surface area (Å²) in [5.74, 6) is 0.768. The lowest BCUT2D eigenvalue weighted by Crippen LogP contribution is -2.50. The van der Waals surface area contributed by atoms with Crippen LogP contribution in [-0.4, -0.2) is 66.1 Å². The van der Waals surface area contributed by atoms with Gasteiger partial charge in [0.2, 0.25) is 5.91 Å². The molecule has 0 radical (unpaired) electrons. The van der Waals surface area contributed by atoms with Crippen molar-refractivity contribution < 1.29 is 14.3 Å². The van der Waals surface area contributed by atoms with Crippen LogP contribution in [0.4, 0.5) is 0 Å². The Hall–Kier alpha value is -1.37. The zero-order valence-electron chi connectivity index (χ0n) is 13.6. The average molecular weight is 321 g/mol. The summed E-state index contributed by atoms with van der Waals surface area (Å²) >= 11 is 0. The van der Waals surface area contributed by atoms with Crippen molar-refractivity contribution >= 4 is 5.91 Å². The van der Waals surface area contributed by atoms with E-state index >= 15 is 0 Å². The number of carbonyl (C=O) groups is 1. The largest absolute Gasteiger partial charge is 0.467 e. The third kappa shape index (κ3) is 4.80. The number of β-amino-alcohol motifs (C(OH)–C–C–N with tert-alkyl or cyclic N) is 1. The molecule has 1 amide bonds. The molecule has 2 heterocycles. The van der Waals surface area contributed by atoms with E-state index < -0.39 is 6.10 Å². The van der Waals surface area contributed by atoms with Gasteiger partial charge in [-0.15, -0.1) is 0 Å². The molecule has 2 N–H and O–H groups in total. The minimum Gasteiger partial charge on any atom is -0.467 e. The van der Waals surface area contributed by atoms with Crippen LogP contribution in [0.15, 0.2) is 22.8 Å². The molecule has 1 aromatic heterocycles. The summed E-state index contributed by atoms with van der Waals surface area (Å²) in [6, 6.07) is 3.99. The summed E-state index contributed by atoms with van der Waals surface area (Å²) in [5.41, 5.74) is 0. The van der Waals surface area contributed by atoms with Gasteiger partial charge in [-0.25, -0.2) is 0 Å². The molecule has 23 heavy (non-hydrogen) atoms. The number of furan rings is 1. The molecule has 6 heteroatoms. The Morgan fingerprint density at radius 2 is 1.96 bits per heavy atom. The van der Waals surface area contributed by atoms with Crippen LogP contribution in [0.2, 0.25) is 0 Å². The Morgan fingerprint density at radius 1 is 1.26 bits per heavy atom. The normalized spacial score (nSPS) is 22.3. The summed E-state index contributed by atoms with van der Waals surface area (Å²) in [5, 5.41) is 13.3. The number of nitrogens with one attached hydrogen (secondary N) is 1. The highest BCUT2D eigenvalue weighted by Gasteiger charge is 2.23. The molecule has 0 bridgehead atoms. The number of aliphatic hydroxyl groups excluding tert-OH is 1. The van der Waals surface area contributed by atoms with Crippen LogP contribution in [0.3, 0.4) is 0 Å². The third-order valence-electron chi connectivity index (χ3n) is 4.86. The Balaban J connectivity index is 1.35. The van der Waals surface area contributed by atoms with Crippen molar-refractivity contribution in [2.24, 2.45) is 0 Å². The molecule has 0 aromatic carbocycles. The van der Waals surface area contributed by atoms with Crippen molar-refractivity contribution in [2.75, 3.05) is 39.3 Å². The van der Waals surface area contributed by atoms with Crippen LogP contribution in [0, 0.1) is 0 Å².